The molecule has 0 spiro atoms. The van der Waals surface area contributed by atoms with Crippen LogP contribution in [0.2, 0.25) is 15.1 Å². The van der Waals surface area contributed by atoms with E-state index in [0.29, 0.717) is 38.8 Å². The molecule has 2 N–H and O–H groups in total. The van der Waals surface area contributed by atoms with Crippen LogP contribution in [0.4, 0.5) is 16.3 Å². The van der Waals surface area contributed by atoms with E-state index in [1.54, 1.807) is 41.9 Å². The molecule has 0 saturated carbocycles. The predicted molar refractivity (Wildman–Crippen MR) is 143 cm³/mol. The van der Waals surface area contributed by atoms with E-state index < -0.39 is 6.03 Å². The fraction of sp³-hybridized carbons (Fsp3) is 0.320. The first kappa shape index (κ1) is 26.9. The van der Waals surface area contributed by atoms with Crippen molar-refractivity contribution in [2.45, 2.75) is 40.0 Å². The van der Waals surface area contributed by atoms with Gasteiger partial charge in [0, 0.05) is 28.7 Å². The number of nitrogens with one attached hydrogen (secondary N) is 2. The van der Waals surface area contributed by atoms with Crippen molar-refractivity contribution < 1.29 is 9.59 Å². The molecule has 7 nitrogen and oxygen atoms in total. The summed E-state index contributed by atoms with van der Waals surface area (Å²) in [7, 11) is 0. The first-order valence-corrected chi connectivity index (χ1v) is 12.2. The minimum Gasteiger partial charge on any atom is -0.315 e. The maximum atomic E-state index is 13.0. The summed E-state index contributed by atoms with van der Waals surface area (Å²) in [6, 6.07) is 11.8. The molecule has 1 aromatic heterocycles. The molecule has 0 aliphatic heterocycles. The second-order valence-electron chi connectivity index (χ2n) is 9.13. The number of rotatable bonds is 6. The van der Waals surface area contributed by atoms with Gasteiger partial charge in [-0.15, -0.1) is 0 Å². The number of halogens is 3. The summed E-state index contributed by atoms with van der Waals surface area (Å²) < 4.78 is 1.60. The van der Waals surface area contributed by atoms with Crippen molar-refractivity contribution in [1.29, 1.82) is 0 Å². The van der Waals surface area contributed by atoms with Gasteiger partial charge in [0.05, 0.1) is 21.4 Å². The molecule has 3 rings (SSSR count). The van der Waals surface area contributed by atoms with Gasteiger partial charge in [0.1, 0.15) is 12.4 Å². The Morgan fingerprint density at radius 3 is 2.29 bits per heavy atom. The monoisotopic (exact) mass is 535 g/mol. The molecule has 10 heteroatoms. The van der Waals surface area contributed by atoms with Crippen LogP contribution in [0.15, 0.2) is 42.5 Å². The van der Waals surface area contributed by atoms with Gasteiger partial charge >= 0.3 is 6.03 Å². The second kappa shape index (κ2) is 10.9. The molecule has 0 unspecified atom stereocenters. The van der Waals surface area contributed by atoms with Crippen LogP contribution in [0.1, 0.15) is 39.0 Å². The Morgan fingerprint density at radius 1 is 0.971 bits per heavy atom. The summed E-state index contributed by atoms with van der Waals surface area (Å²) >= 11 is 18.4. The molecule has 35 heavy (non-hydrogen) atoms. The molecule has 0 bridgehead atoms. The zero-order valence-corrected chi connectivity index (χ0v) is 22.5. The summed E-state index contributed by atoms with van der Waals surface area (Å²) in [6.45, 7) is 9.94. The Morgan fingerprint density at radius 2 is 1.69 bits per heavy atom. The number of aryl methyl sites for hydroxylation is 1. The minimum absolute atomic E-state index is 0.153. The normalized spacial score (nSPS) is 11.3. The Bertz CT molecular complexity index is 1250. The van der Waals surface area contributed by atoms with Crippen LogP contribution in [-0.2, 0) is 10.2 Å². The van der Waals surface area contributed by atoms with Crippen LogP contribution in [0.3, 0.4) is 0 Å². The summed E-state index contributed by atoms with van der Waals surface area (Å²) in [4.78, 5) is 27.1. The maximum absolute atomic E-state index is 13.0. The number of hydrogen-bond acceptors (Lipinski definition) is 3. The van der Waals surface area contributed by atoms with E-state index >= 15 is 0 Å². The third kappa shape index (κ3) is 6.69. The van der Waals surface area contributed by atoms with Gasteiger partial charge in [-0.2, -0.15) is 5.10 Å². The van der Waals surface area contributed by atoms with Crippen LogP contribution < -0.4 is 10.6 Å². The Hall–Kier alpha value is -2.74. The van der Waals surface area contributed by atoms with Crippen molar-refractivity contribution in [1.82, 2.24) is 14.7 Å². The number of urea groups is 1. The van der Waals surface area contributed by atoms with Gasteiger partial charge in [-0.25, -0.2) is 9.48 Å². The van der Waals surface area contributed by atoms with E-state index in [1.165, 1.54) is 4.90 Å². The number of nitrogens with zero attached hydrogens (tertiary/aromatic N) is 3. The van der Waals surface area contributed by atoms with Crippen molar-refractivity contribution in [2.24, 2.45) is 0 Å². The summed E-state index contributed by atoms with van der Waals surface area (Å²) in [5.41, 5.74) is 2.62. The second-order valence-corrected chi connectivity index (χ2v) is 10.4. The largest absolute Gasteiger partial charge is 0.322 e. The van der Waals surface area contributed by atoms with Gasteiger partial charge in [-0.1, -0.05) is 61.6 Å². The molecule has 3 aromatic rings. The first-order chi connectivity index (χ1) is 16.4. The first-order valence-electron chi connectivity index (χ1n) is 11.1. The van der Waals surface area contributed by atoms with E-state index in [0.717, 1.165) is 11.3 Å². The average molecular weight is 537 g/mol. The topological polar surface area (TPSA) is 79.3 Å². The highest BCUT2D eigenvalue weighted by Gasteiger charge is 2.23. The molecule has 0 atom stereocenters. The SMILES string of the molecule is CCN(CC(=O)Nc1cc(C(C)(C)C)nn1-c1ccc(Cl)c(Cl)c1)C(=O)Nc1ccc(C)c(Cl)c1. The number of amides is 3. The molecule has 186 valence electrons. The molecule has 0 fully saturated rings. The lowest BCUT2D eigenvalue weighted by Gasteiger charge is -2.21. The number of carbonyl (C=O) groups excluding carboxylic acids is 2. The average Bonchev–Trinajstić information content (AvgIpc) is 3.20. The lowest BCUT2D eigenvalue weighted by molar-refractivity contribution is -0.116. The van der Waals surface area contributed by atoms with Crippen molar-refractivity contribution in [3.63, 3.8) is 0 Å². The maximum Gasteiger partial charge on any atom is 0.322 e. The molecule has 3 amide bonds. The third-order valence-electron chi connectivity index (χ3n) is 5.32. The van der Waals surface area contributed by atoms with E-state index in [4.69, 9.17) is 34.8 Å². The summed E-state index contributed by atoms with van der Waals surface area (Å²) in [5, 5.41) is 11.7. The summed E-state index contributed by atoms with van der Waals surface area (Å²) in [6.07, 6.45) is 0. The van der Waals surface area contributed by atoms with Crippen LogP contribution in [0.25, 0.3) is 5.69 Å². The van der Waals surface area contributed by atoms with Crippen LogP contribution in [0.5, 0.6) is 0 Å². The molecule has 0 radical (unpaired) electrons. The molecule has 1 heterocycles. The molecular weight excluding hydrogens is 509 g/mol. The lowest BCUT2D eigenvalue weighted by atomic mass is 9.92. The van der Waals surface area contributed by atoms with Crippen LogP contribution >= 0.6 is 34.8 Å². The van der Waals surface area contributed by atoms with Gasteiger partial charge in [0.15, 0.2) is 0 Å². The molecular formula is C25H28Cl3N5O2. The van der Waals surface area contributed by atoms with E-state index in [2.05, 4.69) is 15.7 Å². The summed E-state index contributed by atoms with van der Waals surface area (Å²) in [5.74, 6) is 0.0886. The Kier molecular flexibility index (Phi) is 8.36. The van der Waals surface area contributed by atoms with Crippen molar-refractivity contribution in [2.75, 3.05) is 23.7 Å². The third-order valence-corrected chi connectivity index (χ3v) is 6.47. The van der Waals surface area contributed by atoms with Gasteiger partial charge in [-0.05, 0) is 49.7 Å². The van der Waals surface area contributed by atoms with Crippen LogP contribution in [0, 0.1) is 6.92 Å². The highest BCUT2D eigenvalue weighted by molar-refractivity contribution is 6.42. The van der Waals surface area contributed by atoms with Gasteiger partial charge in [0.2, 0.25) is 5.91 Å². The van der Waals surface area contributed by atoms with E-state index in [1.807, 2.05) is 39.8 Å². The Balaban J connectivity index is 1.79. The zero-order valence-electron chi connectivity index (χ0n) is 20.2. The van der Waals surface area contributed by atoms with Gasteiger partial charge in [0.25, 0.3) is 0 Å². The quantitative estimate of drug-likeness (QED) is 0.358. The number of carbonyl (C=O) groups is 2. The molecule has 0 saturated heterocycles. The van der Waals surface area contributed by atoms with E-state index in [9.17, 15) is 9.59 Å². The van der Waals surface area contributed by atoms with Crippen molar-refractivity contribution >= 4 is 58.2 Å². The molecule has 0 aliphatic carbocycles. The zero-order chi connectivity index (χ0) is 25.9. The molecule has 2 aromatic carbocycles. The number of anilines is 2. The van der Waals surface area contributed by atoms with Crippen LogP contribution in [-0.4, -0.2) is 39.7 Å². The smallest absolute Gasteiger partial charge is 0.315 e. The number of benzene rings is 2. The number of aromatic nitrogens is 2. The standard InChI is InChI=1S/C25H28Cl3N5O2/c1-6-32(24(35)29-16-8-7-15(2)19(27)11-16)14-23(34)30-22-13-21(25(3,4)5)31-33(22)17-9-10-18(26)20(28)12-17/h7-13H,6,14H2,1-5H3,(H,29,35)(H,30,34). The highest BCUT2D eigenvalue weighted by atomic mass is 35.5. The predicted octanol–water partition coefficient (Wildman–Crippen LogP) is 6.93. The van der Waals surface area contributed by atoms with Crippen molar-refractivity contribution in [3.05, 3.63) is 68.8 Å². The van der Waals surface area contributed by atoms with E-state index in [-0.39, 0.29) is 17.9 Å². The Labute approximate surface area is 220 Å². The fourth-order valence-corrected chi connectivity index (χ4v) is 3.68. The number of likely N-dealkylation sites (N-methyl/N-ethyl adjacent to an activating group) is 1. The van der Waals surface area contributed by atoms with Gasteiger partial charge < -0.3 is 15.5 Å². The molecule has 0 aliphatic rings. The lowest BCUT2D eigenvalue weighted by Crippen LogP contribution is -2.40. The number of hydrogen-bond donors (Lipinski definition) is 2. The van der Waals surface area contributed by atoms with Gasteiger partial charge in [-0.3, -0.25) is 4.79 Å². The fourth-order valence-electron chi connectivity index (χ4n) is 3.21. The highest BCUT2D eigenvalue weighted by Crippen LogP contribution is 2.29. The van der Waals surface area contributed by atoms with Crippen molar-refractivity contribution in [3.8, 4) is 5.69 Å². The minimum atomic E-state index is -0.407.